The van der Waals surface area contributed by atoms with Gasteiger partial charge in [0.2, 0.25) is 0 Å². The molecule has 0 saturated heterocycles. The lowest BCUT2D eigenvalue weighted by Gasteiger charge is -2.08. The first-order valence-electron chi connectivity index (χ1n) is 6.06. The summed E-state index contributed by atoms with van der Waals surface area (Å²) in [7, 11) is 1.64. The molecular formula is C13H19N3O2S. The molecule has 104 valence electrons. The number of nitrogens with one attached hydrogen (secondary N) is 2. The van der Waals surface area contributed by atoms with Gasteiger partial charge in [0.05, 0.1) is 12.3 Å². The third-order valence-corrected chi connectivity index (χ3v) is 2.66. The van der Waals surface area contributed by atoms with Crippen molar-refractivity contribution in [1.29, 1.82) is 0 Å². The topological polar surface area (TPSA) is 65.9 Å². The van der Waals surface area contributed by atoms with Crippen LogP contribution in [-0.2, 0) is 4.74 Å². The van der Waals surface area contributed by atoms with E-state index in [0.717, 1.165) is 17.7 Å². The summed E-state index contributed by atoms with van der Waals surface area (Å²) in [5, 5.41) is 16.9. The molecule has 0 radical (unpaired) electrons. The Bertz CT molecular complexity index is 432. The van der Waals surface area contributed by atoms with Crippen LogP contribution in [0, 0.1) is 0 Å². The summed E-state index contributed by atoms with van der Waals surface area (Å²) < 4.78 is 4.91. The van der Waals surface area contributed by atoms with Gasteiger partial charge >= 0.3 is 0 Å². The Hall–Kier alpha value is -1.66. The first kappa shape index (κ1) is 15.4. The zero-order chi connectivity index (χ0) is 14.1. The number of hydrazone groups is 1. The highest BCUT2D eigenvalue weighted by Gasteiger charge is 2.02. The Morgan fingerprint density at radius 3 is 2.63 bits per heavy atom. The molecule has 0 fully saturated rings. The van der Waals surface area contributed by atoms with Gasteiger partial charge in [-0.3, -0.25) is 5.43 Å². The van der Waals surface area contributed by atoms with Crippen LogP contribution in [0.25, 0.3) is 0 Å². The lowest BCUT2D eigenvalue weighted by Crippen LogP contribution is -2.34. The van der Waals surface area contributed by atoms with E-state index in [4.69, 9.17) is 17.0 Å². The predicted octanol–water partition coefficient (Wildman–Crippen LogP) is 1.62. The van der Waals surface area contributed by atoms with Gasteiger partial charge in [-0.2, -0.15) is 5.10 Å². The van der Waals surface area contributed by atoms with Gasteiger partial charge in [0.25, 0.3) is 0 Å². The molecule has 1 rings (SSSR count). The van der Waals surface area contributed by atoms with Crippen LogP contribution in [-0.4, -0.2) is 36.2 Å². The van der Waals surface area contributed by atoms with Gasteiger partial charge in [0.15, 0.2) is 5.11 Å². The molecule has 0 aromatic heterocycles. The Kier molecular flexibility index (Phi) is 6.84. The molecule has 1 aromatic rings. The number of hydrogen-bond acceptors (Lipinski definition) is 4. The normalized spacial score (nSPS) is 11.2. The van der Waals surface area contributed by atoms with Crippen molar-refractivity contribution in [2.75, 3.05) is 20.3 Å². The minimum atomic E-state index is 0.240. The van der Waals surface area contributed by atoms with Gasteiger partial charge in [0.1, 0.15) is 5.75 Å². The number of aromatic hydroxyl groups is 1. The average Bonchev–Trinajstić information content (AvgIpc) is 2.41. The second-order valence-corrected chi connectivity index (χ2v) is 4.23. The first-order valence-corrected chi connectivity index (χ1v) is 6.47. The Balaban J connectivity index is 2.57. The summed E-state index contributed by atoms with van der Waals surface area (Å²) in [5.41, 5.74) is 4.62. The Morgan fingerprint density at radius 1 is 1.37 bits per heavy atom. The molecule has 3 N–H and O–H groups in total. The minimum Gasteiger partial charge on any atom is -0.508 e. The van der Waals surface area contributed by atoms with Crippen LogP contribution in [0.15, 0.2) is 29.4 Å². The molecule has 0 bridgehead atoms. The highest BCUT2D eigenvalue weighted by molar-refractivity contribution is 7.80. The van der Waals surface area contributed by atoms with E-state index in [1.165, 1.54) is 0 Å². The lowest BCUT2D eigenvalue weighted by atomic mass is 10.1. The minimum absolute atomic E-state index is 0.240. The average molecular weight is 281 g/mol. The molecule has 0 unspecified atom stereocenters. The zero-order valence-electron chi connectivity index (χ0n) is 11.1. The monoisotopic (exact) mass is 281 g/mol. The van der Waals surface area contributed by atoms with E-state index >= 15 is 0 Å². The third-order valence-electron chi connectivity index (χ3n) is 2.42. The molecule has 0 saturated carbocycles. The fourth-order valence-electron chi connectivity index (χ4n) is 1.43. The van der Waals surface area contributed by atoms with Crippen LogP contribution in [0.2, 0.25) is 0 Å². The molecule has 0 atom stereocenters. The number of phenolic OH excluding ortho intramolecular Hbond substituents is 1. The molecule has 0 amide bonds. The van der Waals surface area contributed by atoms with Crippen LogP contribution in [0.5, 0.6) is 5.75 Å². The maximum absolute atomic E-state index is 9.25. The van der Waals surface area contributed by atoms with Crippen molar-refractivity contribution in [3.05, 3.63) is 29.8 Å². The number of methoxy groups -OCH3 is 1. The number of phenols is 1. The van der Waals surface area contributed by atoms with E-state index in [9.17, 15) is 5.11 Å². The summed E-state index contributed by atoms with van der Waals surface area (Å²) >= 11 is 5.08. The van der Waals surface area contributed by atoms with Gasteiger partial charge in [0, 0.05) is 13.7 Å². The highest BCUT2D eigenvalue weighted by atomic mass is 32.1. The SMILES string of the molecule is CC/C(=N\NC(=S)NCCOC)c1ccc(O)cc1. The molecular weight excluding hydrogens is 262 g/mol. The van der Waals surface area contributed by atoms with Crippen molar-refractivity contribution in [1.82, 2.24) is 10.7 Å². The maximum atomic E-state index is 9.25. The summed E-state index contributed by atoms with van der Waals surface area (Å²) in [4.78, 5) is 0. The molecule has 0 aliphatic rings. The standard InChI is InChI=1S/C13H19N3O2S/c1-3-12(10-4-6-11(17)7-5-10)15-16-13(19)14-8-9-18-2/h4-7,17H,3,8-9H2,1-2H3,(H2,14,16,19)/b15-12+. The van der Waals surface area contributed by atoms with Gasteiger partial charge in [-0.15, -0.1) is 0 Å². The van der Waals surface area contributed by atoms with Crippen LogP contribution in [0.3, 0.4) is 0 Å². The number of ether oxygens (including phenoxy) is 1. The quantitative estimate of drug-likeness (QED) is 0.320. The fraction of sp³-hybridized carbons (Fsp3) is 0.385. The van der Waals surface area contributed by atoms with Crippen LogP contribution >= 0.6 is 12.2 Å². The fourth-order valence-corrected chi connectivity index (χ4v) is 1.57. The molecule has 0 aliphatic carbocycles. The van der Waals surface area contributed by atoms with Crippen molar-refractivity contribution in [3.63, 3.8) is 0 Å². The van der Waals surface area contributed by atoms with E-state index in [1.807, 2.05) is 19.1 Å². The number of hydrogen-bond donors (Lipinski definition) is 3. The summed E-state index contributed by atoms with van der Waals surface area (Å²) in [6.45, 7) is 3.23. The number of rotatable bonds is 6. The second-order valence-electron chi connectivity index (χ2n) is 3.82. The molecule has 0 heterocycles. The lowest BCUT2D eigenvalue weighted by molar-refractivity contribution is 0.204. The Labute approximate surface area is 118 Å². The molecule has 19 heavy (non-hydrogen) atoms. The highest BCUT2D eigenvalue weighted by Crippen LogP contribution is 2.11. The van der Waals surface area contributed by atoms with E-state index in [-0.39, 0.29) is 5.75 Å². The number of nitrogens with zero attached hydrogens (tertiary/aromatic N) is 1. The van der Waals surface area contributed by atoms with E-state index in [0.29, 0.717) is 18.3 Å². The van der Waals surface area contributed by atoms with Crippen LogP contribution < -0.4 is 10.7 Å². The van der Waals surface area contributed by atoms with E-state index in [2.05, 4.69) is 15.8 Å². The van der Waals surface area contributed by atoms with Gasteiger partial charge in [-0.1, -0.05) is 6.92 Å². The smallest absolute Gasteiger partial charge is 0.187 e. The molecule has 6 heteroatoms. The maximum Gasteiger partial charge on any atom is 0.187 e. The van der Waals surface area contributed by atoms with Crippen molar-refractivity contribution in [2.45, 2.75) is 13.3 Å². The third kappa shape index (κ3) is 5.67. The van der Waals surface area contributed by atoms with Crippen LogP contribution in [0.1, 0.15) is 18.9 Å². The molecule has 5 nitrogen and oxygen atoms in total. The summed E-state index contributed by atoms with van der Waals surface area (Å²) in [5.74, 6) is 0.240. The van der Waals surface area contributed by atoms with Gasteiger partial charge in [-0.05, 0) is 48.5 Å². The zero-order valence-corrected chi connectivity index (χ0v) is 12.0. The molecule has 0 spiro atoms. The number of benzene rings is 1. The summed E-state index contributed by atoms with van der Waals surface area (Å²) in [6, 6.07) is 6.91. The van der Waals surface area contributed by atoms with Crippen molar-refractivity contribution >= 4 is 23.0 Å². The molecule has 1 aromatic carbocycles. The number of thiocarbonyl (C=S) groups is 1. The summed E-state index contributed by atoms with van der Waals surface area (Å²) in [6.07, 6.45) is 0.762. The van der Waals surface area contributed by atoms with E-state index < -0.39 is 0 Å². The Morgan fingerprint density at radius 2 is 2.05 bits per heavy atom. The van der Waals surface area contributed by atoms with E-state index in [1.54, 1.807) is 19.2 Å². The molecule has 0 aliphatic heterocycles. The second kappa shape index (κ2) is 8.44. The first-order chi connectivity index (χ1) is 9.17. The van der Waals surface area contributed by atoms with Crippen molar-refractivity contribution in [2.24, 2.45) is 5.10 Å². The van der Waals surface area contributed by atoms with Crippen LogP contribution in [0.4, 0.5) is 0 Å². The van der Waals surface area contributed by atoms with Gasteiger partial charge < -0.3 is 15.2 Å². The largest absolute Gasteiger partial charge is 0.508 e. The van der Waals surface area contributed by atoms with Crippen molar-refractivity contribution < 1.29 is 9.84 Å². The van der Waals surface area contributed by atoms with Crippen molar-refractivity contribution in [3.8, 4) is 5.75 Å². The predicted molar refractivity (Wildman–Crippen MR) is 80.5 cm³/mol. The van der Waals surface area contributed by atoms with Gasteiger partial charge in [-0.25, -0.2) is 0 Å².